The summed E-state index contributed by atoms with van der Waals surface area (Å²) < 4.78 is 1.89. The van der Waals surface area contributed by atoms with Crippen LogP contribution in [0, 0.1) is 0 Å². The van der Waals surface area contributed by atoms with Crippen molar-refractivity contribution in [1.29, 1.82) is 0 Å². The van der Waals surface area contributed by atoms with Crippen LogP contribution in [0.3, 0.4) is 0 Å². The molecule has 1 N–H and O–H groups in total. The van der Waals surface area contributed by atoms with Crippen LogP contribution in [0.1, 0.15) is 13.8 Å². The van der Waals surface area contributed by atoms with Crippen LogP contribution in [0.4, 0.5) is 17.1 Å². The number of fused-ring (bicyclic) bond motifs is 1. The summed E-state index contributed by atoms with van der Waals surface area (Å²) in [5.74, 6) is 0.323. The van der Waals surface area contributed by atoms with E-state index in [-0.39, 0.29) is 17.7 Å². The number of aromatic nitrogens is 3. The Morgan fingerprint density at radius 3 is 2.40 bits per heavy atom. The van der Waals surface area contributed by atoms with E-state index in [0.29, 0.717) is 5.16 Å². The number of nitrogens with one attached hydrogen (secondary N) is 1. The normalized spacial score (nSPS) is 11.0. The van der Waals surface area contributed by atoms with Gasteiger partial charge in [0.05, 0.1) is 5.75 Å². The lowest BCUT2D eigenvalue weighted by Gasteiger charge is -2.27. The predicted octanol–water partition coefficient (Wildman–Crippen LogP) is 5.01. The topological polar surface area (TPSA) is 62.5 Å². The second-order valence-electron chi connectivity index (χ2n) is 7.10. The van der Waals surface area contributed by atoms with E-state index >= 15 is 0 Å². The summed E-state index contributed by atoms with van der Waals surface area (Å²) in [6.07, 6.45) is 1.90. The maximum Gasteiger partial charge on any atom is 0.237 e. The second kappa shape index (κ2) is 9.00. The maximum absolute atomic E-state index is 13.0. The first-order chi connectivity index (χ1) is 14.6. The number of hydrogen-bond donors (Lipinski definition) is 1. The number of pyridine rings is 1. The van der Waals surface area contributed by atoms with Gasteiger partial charge in [-0.2, -0.15) is 0 Å². The summed E-state index contributed by atoms with van der Waals surface area (Å²) in [6, 6.07) is 23.7. The minimum absolute atomic E-state index is 0.0337. The summed E-state index contributed by atoms with van der Waals surface area (Å²) in [6.45, 7) is 4.04. The van der Waals surface area contributed by atoms with E-state index in [9.17, 15) is 4.79 Å². The molecule has 4 aromatic rings. The third kappa shape index (κ3) is 4.46. The van der Waals surface area contributed by atoms with Crippen LogP contribution in [-0.4, -0.2) is 32.3 Å². The van der Waals surface area contributed by atoms with E-state index in [4.69, 9.17) is 0 Å². The van der Waals surface area contributed by atoms with Gasteiger partial charge in [-0.1, -0.05) is 36.0 Å². The Balaban J connectivity index is 1.45. The van der Waals surface area contributed by atoms with Crippen molar-refractivity contribution < 1.29 is 4.79 Å². The number of thioether (sulfide) groups is 1. The Kier molecular flexibility index (Phi) is 5.99. The van der Waals surface area contributed by atoms with Gasteiger partial charge >= 0.3 is 0 Å². The van der Waals surface area contributed by atoms with E-state index in [1.807, 2.05) is 102 Å². The van der Waals surface area contributed by atoms with Gasteiger partial charge in [0.1, 0.15) is 0 Å². The standard InChI is InChI=1S/C23H23N5OS/c1-17(2)28(20-13-11-19(12-14-20)24-18-8-4-3-5-9-18)22(29)16-30-23-26-25-21-10-6-7-15-27(21)23/h3-15,17,24H,16H2,1-2H3. The van der Waals surface area contributed by atoms with E-state index in [2.05, 4.69) is 15.5 Å². The number of anilines is 3. The Labute approximate surface area is 179 Å². The smallest absolute Gasteiger partial charge is 0.237 e. The SMILES string of the molecule is CC(C)N(C(=O)CSc1nnc2ccccn12)c1ccc(Nc2ccccc2)cc1. The van der Waals surface area contributed by atoms with Gasteiger partial charge in [0.2, 0.25) is 5.91 Å². The van der Waals surface area contributed by atoms with Crippen LogP contribution in [0.5, 0.6) is 0 Å². The van der Waals surface area contributed by atoms with Gasteiger partial charge in [-0.25, -0.2) is 0 Å². The molecule has 30 heavy (non-hydrogen) atoms. The number of carbonyl (C=O) groups excluding carboxylic acids is 1. The largest absolute Gasteiger partial charge is 0.356 e. The van der Waals surface area contributed by atoms with E-state index in [1.54, 1.807) is 0 Å². The first-order valence-corrected chi connectivity index (χ1v) is 10.8. The highest BCUT2D eigenvalue weighted by molar-refractivity contribution is 7.99. The molecule has 0 saturated carbocycles. The molecule has 0 bridgehead atoms. The van der Waals surface area contributed by atoms with E-state index < -0.39 is 0 Å². The molecule has 0 fully saturated rings. The minimum atomic E-state index is 0.0337. The highest BCUT2D eigenvalue weighted by Gasteiger charge is 2.20. The van der Waals surface area contributed by atoms with Crippen LogP contribution in [-0.2, 0) is 4.79 Å². The number of rotatable bonds is 7. The quantitative estimate of drug-likeness (QED) is 0.429. The van der Waals surface area contributed by atoms with Crippen molar-refractivity contribution in [3.8, 4) is 0 Å². The minimum Gasteiger partial charge on any atom is -0.356 e. The van der Waals surface area contributed by atoms with Crippen LogP contribution < -0.4 is 10.2 Å². The number of para-hydroxylation sites is 1. The highest BCUT2D eigenvalue weighted by atomic mass is 32.2. The highest BCUT2D eigenvalue weighted by Crippen LogP contribution is 2.25. The lowest BCUT2D eigenvalue weighted by Crippen LogP contribution is -2.38. The molecule has 2 heterocycles. The molecule has 4 rings (SSSR count). The fraction of sp³-hybridized carbons (Fsp3) is 0.174. The average Bonchev–Trinajstić information content (AvgIpc) is 3.17. The van der Waals surface area contributed by atoms with Gasteiger partial charge in [0, 0.05) is 29.3 Å². The summed E-state index contributed by atoms with van der Waals surface area (Å²) in [7, 11) is 0. The van der Waals surface area contributed by atoms with Gasteiger partial charge in [0.25, 0.3) is 0 Å². The molecule has 6 nitrogen and oxygen atoms in total. The third-order valence-electron chi connectivity index (χ3n) is 4.60. The molecule has 0 spiro atoms. The molecule has 0 unspecified atom stereocenters. The molecule has 7 heteroatoms. The fourth-order valence-corrected chi connectivity index (χ4v) is 4.02. The van der Waals surface area contributed by atoms with Gasteiger partial charge in [-0.3, -0.25) is 9.20 Å². The van der Waals surface area contributed by atoms with Crippen molar-refractivity contribution in [2.45, 2.75) is 25.0 Å². The Morgan fingerprint density at radius 2 is 1.67 bits per heavy atom. The summed E-state index contributed by atoms with van der Waals surface area (Å²) in [4.78, 5) is 14.8. The zero-order chi connectivity index (χ0) is 20.9. The number of hydrogen-bond acceptors (Lipinski definition) is 5. The van der Waals surface area contributed by atoms with Crippen LogP contribution in [0.25, 0.3) is 5.65 Å². The molecule has 0 radical (unpaired) electrons. The number of amides is 1. The predicted molar refractivity (Wildman–Crippen MR) is 122 cm³/mol. The lowest BCUT2D eigenvalue weighted by molar-refractivity contribution is -0.116. The monoisotopic (exact) mass is 417 g/mol. The molecule has 2 aromatic carbocycles. The Bertz CT molecular complexity index is 1130. The second-order valence-corrected chi connectivity index (χ2v) is 8.04. The van der Waals surface area contributed by atoms with Crippen LogP contribution in [0.2, 0.25) is 0 Å². The number of benzene rings is 2. The van der Waals surface area contributed by atoms with E-state index in [1.165, 1.54) is 11.8 Å². The molecule has 0 aliphatic rings. The fourth-order valence-electron chi connectivity index (χ4n) is 3.24. The number of nitrogens with zero attached hydrogens (tertiary/aromatic N) is 4. The molecule has 0 aliphatic heterocycles. The van der Waals surface area contributed by atoms with Crippen molar-refractivity contribution in [2.24, 2.45) is 0 Å². The average molecular weight is 418 g/mol. The lowest BCUT2D eigenvalue weighted by atomic mass is 10.2. The van der Waals surface area contributed by atoms with Gasteiger partial charge in [-0.05, 0) is 62.4 Å². The van der Waals surface area contributed by atoms with Gasteiger partial charge in [0.15, 0.2) is 10.8 Å². The van der Waals surface area contributed by atoms with Crippen molar-refractivity contribution >= 4 is 40.4 Å². The summed E-state index contributed by atoms with van der Waals surface area (Å²) in [5, 5.41) is 12.4. The van der Waals surface area contributed by atoms with E-state index in [0.717, 1.165) is 22.7 Å². The maximum atomic E-state index is 13.0. The van der Waals surface area contributed by atoms with Crippen LogP contribution in [0.15, 0.2) is 84.1 Å². The molecule has 1 amide bonds. The molecule has 0 aliphatic carbocycles. The van der Waals surface area contributed by atoms with Crippen LogP contribution >= 0.6 is 11.8 Å². The zero-order valence-electron chi connectivity index (χ0n) is 16.9. The number of carbonyl (C=O) groups is 1. The molecule has 0 atom stereocenters. The summed E-state index contributed by atoms with van der Waals surface area (Å²) >= 11 is 1.40. The first-order valence-electron chi connectivity index (χ1n) is 9.78. The first kappa shape index (κ1) is 20.0. The Morgan fingerprint density at radius 1 is 0.967 bits per heavy atom. The van der Waals surface area contributed by atoms with Crippen molar-refractivity contribution in [3.63, 3.8) is 0 Å². The van der Waals surface area contributed by atoms with Gasteiger partial charge < -0.3 is 10.2 Å². The third-order valence-corrected chi connectivity index (χ3v) is 5.53. The molecular weight excluding hydrogens is 394 g/mol. The molecular formula is C23H23N5OS. The van der Waals surface area contributed by atoms with Gasteiger partial charge in [-0.15, -0.1) is 10.2 Å². The summed E-state index contributed by atoms with van der Waals surface area (Å²) in [5.41, 5.74) is 3.65. The molecule has 152 valence electrons. The Hall–Kier alpha value is -3.32. The van der Waals surface area contributed by atoms with Crippen molar-refractivity contribution in [1.82, 2.24) is 14.6 Å². The van der Waals surface area contributed by atoms with Crippen molar-refractivity contribution in [2.75, 3.05) is 16.0 Å². The molecule has 0 saturated heterocycles. The molecule has 2 aromatic heterocycles. The zero-order valence-corrected chi connectivity index (χ0v) is 17.7. The van der Waals surface area contributed by atoms with Crippen molar-refractivity contribution in [3.05, 3.63) is 79.0 Å².